The van der Waals surface area contributed by atoms with Crippen molar-refractivity contribution in [3.63, 3.8) is 0 Å². The molecule has 1 amide bonds. The van der Waals surface area contributed by atoms with Crippen LogP contribution in [0.2, 0.25) is 0 Å². The zero-order valence-corrected chi connectivity index (χ0v) is 9.84. The fraction of sp³-hybridized carbons (Fsp3) is 0.0714. The molecule has 0 saturated heterocycles. The number of benzene rings is 1. The summed E-state index contributed by atoms with van der Waals surface area (Å²) in [5.74, 6) is -0.318. The van der Waals surface area contributed by atoms with Crippen LogP contribution in [0.5, 0.6) is 0 Å². The molecule has 0 radical (unpaired) electrons. The third-order valence-electron chi connectivity index (χ3n) is 2.49. The van der Waals surface area contributed by atoms with Gasteiger partial charge < -0.3 is 5.32 Å². The van der Waals surface area contributed by atoms with Gasteiger partial charge in [0.15, 0.2) is 0 Å². The maximum absolute atomic E-state index is 12.0. The summed E-state index contributed by atoms with van der Waals surface area (Å²) in [5, 5.41) is 11.5. The average molecular weight is 237 g/mol. The fourth-order valence-corrected chi connectivity index (χ4v) is 1.52. The number of carbonyl (C=O) groups is 1. The molecule has 0 fully saturated rings. The van der Waals surface area contributed by atoms with Crippen molar-refractivity contribution in [2.75, 3.05) is 5.32 Å². The minimum atomic E-state index is -0.318. The Morgan fingerprint density at radius 3 is 2.72 bits per heavy atom. The summed E-state index contributed by atoms with van der Waals surface area (Å²) in [5.41, 5.74) is 2.18. The number of carbonyl (C=O) groups excluding carboxylic acids is 1. The van der Waals surface area contributed by atoms with Crippen molar-refractivity contribution in [2.45, 2.75) is 6.92 Å². The molecule has 1 heterocycles. The zero-order valence-electron chi connectivity index (χ0n) is 9.84. The van der Waals surface area contributed by atoms with Gasteiger partial charge in [0.1, 0.15) is 17.5 Å². The second-order valence-corrected chi connectivity index (χ2v) is 3.79. The lowest BCUT2D eigenvalue weighted by atomic mass is 10.2. The molecule has 0 aliphatic rings. The van der Waals surface area contributed by atoms with Crippen molar-refractivity contribution in [1.82, 2.24) is 4.98 Å². The van der Waals surface area contributed by atoms with Gasteiger partial charge in [0.25, 0.3) is 5.91 Å². The van der Waals surface area contributed by atoms with Gasteiger partial charge in [0.2, 0.25) is 0 Å². The van der Waals surface area contributed by atoms with Crippen molar-refractivity contribution in [2.24, 2.45) is 0 Å². The van der Waals surface area contributed by atoms with Gasteiger partial charge in [-0.05, 0) is 30.7 Å². The monoisotopic (exact) mass is 237 g/mol. The molecule has 1 aromatic carbocycles. The highest BCUT2D eigenvalue weighted by Crippen LogP contribution is 2.14. The molecule has 0 aliphatic heterocycles. The van der Waals surface area contributed by atoms with Crippen molar-refractivity contribution in [3.8, 4) is 6.07 Å². The highest BCUT2D eigenvalue weighted by atomic mass is 16.1. The highest BCUT2D eigenvalue weighted by Gasteiger charge is 2.09. The topological polar surface area (TPSA) is 65.8 Å². The first kappa shape index (κ1) is 11.8. The maximum atomic E-state index is 12.0. The van der Waals surface area contributed by atoms with Crippen molar-refractivity contribution in [1.29, 1.82) is 5.26 Å². The third-order valence-corrected chi connectivity index (χ3v) is 2.49. The van der Waals surface area contributed by atoms with Crippen LogP contribution in [0, 0.1) is 18.3 Å². The van der Waals surface area contributed by atoms with E-state index in [1.807, 2.05) is 37.3 Å². The fourth-order valence-electron chi connectivity index (χ4n) is 1.52. The van der Waals surface area contributed by atoms with E-state index in [9.17, 15) is 4.79 Å². The summed E-state index contributed by atoms with van der Waals surface area (Å²) < 4.78 is 0. The number of nitriles is 1. The summed E-state index contributed by atoms with van der Waals surface area (Å²) in [4.78, 5) is 15.9. The molecule has 1 aromatic heterocycles. The van der Waals surface area contributed by atoms with E-state index in [2.05, 4.69) is 10.3 Å². The molecule has 0 bridgehead atoms. The minimum absolute atomic E-state index is 0.229. The predicted molar refractivity (Wildman–Crippen MR) is 68.1 cm³/mol. The predicted octanol–water partition coefficient (Wildman–Crippen LogP) is 2.51. The van der Waals surface area contributed by atoms with Gasteiger partial charge >= 0.3 is 0 Å². The summed E-state index contributed by atoms with van der Waals surface area (Å²) in [7, 11) is 0. The normalized spacial score (nSPS) is 9.56. The molecule has 2 aromatic rings. The van der Waals surface area contributed by atoms with Crippen LogP contribution in [0.3, 0.4) is 0 Å². The lowest BCUT2D eigenvalue weighted by Gasteiger charge is -2.07. The number of para-hydroxylation sites is 1. The number of rotatable bonds is 2. The van der Waals surface area contributed by atoms with Crippen LogP contribution in [-0.2, 0) is 0 Å². The van der Waals surface area contributed by atoms with Crippen LogP contribution in [-0.4, -0.2) is 10.9 Å². The molecule has 0 unspecified atom stereocenters. The van der Waals surface area contributed by atoms with E-state index in [0.29, 0.717) is 0 Å². The van der Waals surface area contributed by atoms with Gasteiger partial charge in [-0.1, -0.05) is 24.3 Å². The number of aryl methyl sites for hydroxylation is 1. The smallest absolute Gasteiger partial charge is 0.274 e. The lowest BCUT2D eigenvalue weighted by molar-refractivity contribution is 0.102. The molecule has 2 rings (SSSR count). The van der Waals surface area contributed by atoms with Gasteiger partial charge in [-0.15, -0.1) is 0 Å². The Morgan fingerprint density at radius 2 is 2.00 bits per heavy atom. The first-order valence-corrected chi connectivity index (χ1v) is 5.45. The first-order valence-electron chi connectivity index (χ1n) is 5.45. The number of pyridine rings is 1. The van der Waals surface area contributed by atoms with Gasteiger partial charge in [-0.3, -0.25) is 4.79 Å². The van der Waals surface area contributed by atoms with Gasteiger partial charge in [0, 0.05) is 5.69 Å². The van der Waals surface area contributed by atoms with Crippen molar-refractivity contribution < 1.29 is 4.79 Å². The SMILES string of the molecule is Cc1ccccc1NC(=O)c1cccc(C#N)n1. The van der Waals surface area contributed by atoms with Crippen LogP contribution in [0.4, 0.5) is 5.69 Å². The van der Waals surface area contributed by atoms with Gasteiger partial charge in [-0.2, -0.15) is 5.26 Å². The molecule has 0 aliphatic carbocycles. The minimum Gasteiger partial charge on any atom is -0.320 e. The third kappa shape index (κ3) is 2.53. The van der Waals surface area contributed by atoms with Crippen LogP contribution >= 0.6 is 0 Å². The largest absolute Gasteiger partial charge is 0.320 e. The molecule has 1 N–H and O–H groups in total. The second-order valence-electron chi connectivity index (χ2n) is 3.79. The quantitative estimate of drug-likeness (QED) is 0.872. The Hall–Kier alpha value is -2.67. The maximum Gasteiger partial charge on any atom is 0.274 e. The van der Waals surface area contributed by atoms with E-state index in [1.54, 1.807) is 18.2 Å². The van der Waals surface area contributed by atoms with E-state index in [-0.39, 0.29) is 17.3 Å². The lowest BCUT2D eigenvalue weighted by Crippen LogP contribution is -2.14. The standard InChI is InChI=1S/C14H11N3O/c1-10-5-2-3-7-12(10)17-14(18)13-8-4-6-11(9-15)16-13/h2-8H,1H3,(H,17,18). The van der Waals surface area contributed by atoms with Crippen LogP contribution in [0.1, 0.15) is 21.7 Å². The molecular weight excluding hydrogens is 226 g/mol. The molecule has 4 nitrogen and oxygen atoms in total. The van der Waals surface area contributed by atoms with Crippen molar-refractivity contribution in [3.05, 3.63) is 59.4 Å². The Kier molecular flexibility index (Phi) is 3.35. The number of hydrogen-bond donors (Lipinski definition) is 1. The highest BCUT2D eigenvalue weighted by molar-refractivity contribution is 6.03. The number of hydrogen-bond acceptors (Lipinski definition) is 3. The van der Waals surface area contributed by atoms with E-state index in [4.69, 9.17) is 5.26 Å². The average Bonchev–Trinajstić information content (AvgIpc) is 2.41. The number of nitrogens with zero attached hydrogens (tertiary/aromatic N) is 2. The number of nitrogens with one attached hydrogen (secondary N) is 1. The number of amides is 1. The molecule has 88 valence electrons. The zero-order chi connectivity index (χ0) is 13.0. The summed E-state index contributed by atoms with van der Waals surface area (Å²) in [6.45, 7) is 1.91. The Morgan fingerprint density at radius 1 is 1.22 bits per heavy atom. The molecule has 0 atom stereocenters. The van der Waals surface area contributed by atoms with Crippen LogP contribution in [0.25, 0.3) is 0 Å². The molecule has 0 saturated carbocycles. The Labute approximate surface area is 105 Å². The number of anilines is 1. The second kappa shape index (κ2) is 5.11. The van der Waals surface area contributed by atoms with Crippen molar-refractivity contribution >= 4 is 11.6 Å². The Balaban J connectivity index is 2.23. The summed E-state index contributed by atoms with van der Waals surface area (Å²) in [6.07, 6.45) is 0. The van der Waals surface area contributed by atoms with Gasteiger partial charge in [0.05, 0.1) is 0 Å². The first-order chi connectivity index (χ1) is 8.70. The molecule has 18 heavy (non-hydrogen) atoms. The molecular formula is C14H11N3O. The van der Waals surface area contributed by atoms with E-state index < -0.39 is 0 Å². The van der Waals surface area contributed by atoms with Gasteiger partial charge in [-0.25, -0.2) is 4.98 Å². The number of aromatic nitrogens is 1. The van der Waals surface area contributed by atoms with Crippen LogP contribution in [0.15, 0.2) is 42.5 Å². The molecule has 4 heteroatoms. The van der Waals surface area contributed by atoms with E-state index >= 15 is 0 Å². The molecule has 0 spiro atoms. The summed E-state index contributed by atoms with van der Waals surface area (Å²) in [6, 6.07) is 14.2. The Bertz CT molecular complexity index is 629. The summed E-state index contributed by atoms with van der Waals surface area (Å²) >= 11 is 0. The van der Waals surface area contributed by atoms with E-state index in [1.165, 1.54) is 0 Å². The van der Waals surface area contributed by atoms with Crippen LogP contribution < -0.4 is 5.32 Å². The van der Waals surface area contributed by atoms with E-state index in [0.717, 1.165) is 11.3 Å².